The van der Waals surface area contributed by atoms with Crippen LogP contribution < -0.4 is 10.1 Å². The van der Waals surface area contributed by atoms with Gasteiger partial charge in [0.05, 0.1) is 6.20 Å². The largest absolute Gasteiger partial charge is 0.474 e. The van der Waals surface area contributed by atoms with Crippen LogP contribution in [0, 0.1) is 0 Å². The molecule has 6 heteroatoms. The summed E-state index contributed by atoms with van der Waals surface area (Å²) in [7, 11) is 0. The molecule has 1 N–H and O–H groups in total. The molecule has 110 valence electrons. The Hall–Kier alpha value is -2.37. The lowest BCUT2D eigenvalue weighted by atomic mass is 9.93. The summed E-state index contributed by atoms with van der Waals surface area (Å²) >= 11 is 0. The van der Waals surface area contributed by atoms with Crippen molar-refractivity contribution in [2.45, 2.75) is 37.8 Å². The second kappa shape index (κ2) is 6.39. The molecule has 0 unspecified atom stereocenters. The zero-order chi connectivity index (χ0) is 14.5. The number of hydrogen-bond acceptors (Lipinski definition) is 5. The van der Waals surface area contributed by atoms with Gasteiger partial charge in [-0.2, -0.15) is 0 Å². The fourth-order valence-corrected chi connectivity index (χ4v) is 2.50. The van der Waals surface area contributed by atoms with E-state index < -0.39 is 0 Å². The highest BCUT2D eigenvalue weighted by Gasteiger charge is 2.24. The van der Waals surface area contributed by atoms with Crippen LogP contribution >= 0.6 is 0 Å². The van der Waals surface area contributed by atoms with Crippen LogP contribution in [0.3, 0.4) is 0 Å². The number of nitrogens with one attached hydrogen (secondary N) is 1. The first-order valence-electron chi connectivity index (χ1n) is 7.10. The Balaban J connectivity index is 1.46. The van der Waals surface area contributed by atoms with Gasteiger partial charge in [0, 0.05) is 24.4 Å². The SMILES string of the molecule is O=C(NC1CCC(Oc2ccccn2)CC1)c1ccno1. The van der Waals surface area contributed by atoms with Gasteiger partial charge >= 0.3 is 0 Å². The van der Waals surface area contributed by atoms with E-state index in [0.29, 0.717) is 5.88 Å². The van der Waals surface area contributed by atoms with E-state index in [1.807, 2.05) is 18.2 Å². The van der Waals surface area contributed by atoms with Crippen LogP contribution in [0.1, 0.15) is 36.2 Å². The van der Waals surface area contributed by atoms with Gasteiger partial charge in [-0.15, -0.1) is 0 Å². The van der Waals surface area contributed by atoms with Crippen molar-refractivity contribution in [3.8, 4) is 5.88 Å². The zero-order valence-electron chi connectivity index (χ0n) is 11.6. The molecular weight excluding hydrogens is 270 g/mol. The molecule has 2 aromatic heterocycles. The Morgan fingerprint density at radius 2 is 2.05 bits per heavy atom. The number of carbonyl (C=O) groups excluding carboxylic acids is 1. The predicted octanol–water partition coefficient (Wildman–Crippen LogP) is 2.19. The number of rotatable bonds is 4. The van der Waals surface area contributed by atoms with Crippen LogP contribution in [0.25, 0.3) is 0 Å². The average Bonchev–Trinajstić information content (AvgIpc) is 3.05. The van der Waals surface area contributed by atoms with Crippen molar-refractivity contribution in [1.82, 2.24) is 15.5 Å². The predicted molar refractivity (Wildman–Crippen MR) is 74.9 cm³/mol. The van der Waals surface area contributed by atoms with E-state index in [0.717, 1.165) is 25.7 Å². The molecule has 3 rings (SSSR count). The summed E-state index contributed by atoms with van der Waals surface area (Å²) in [5.41, 5.74) is 0. The molecule has 0 radical (unpaired) electrons. The maximum Gasteiger partial charge on any atom is 0.290 e. The normalized spacial score (nSPS) is 21.7. The summed E-state index contributed by atoms with van der Waals surface area (Å²) in [6.07, 6.45) is 6.92. The summed E-state index contributed by atoms with van der Waals surface area (Å²) in [6, 6.07) is 7.35. The van der Waals surface area contributed by atoms with Gasteiger partial charge in [0.25, 0.3) is 5.91 Å². The fraction of sp³-hybridized carbons (Fsp3) is 0.400. The van der Waals surface area contributed by atoms with Crippen LogP contribution in [0.15, 0.2) is 41.2 Å². The van der Waals surface area contributed by atoms with E-state index in [9.17, 15) is 4.79 Å². The number of nitrogens with zero attached hydrogens (tertiary/aromatic N) is 2. The molecule has 1 fully saturated rings. The topological polar surface area (TPSA) is 77.2 Å². The first-order chi connectivity index (χ1) is 10.3. The monoisotopic (exact) mass is 287 g/mol. The van der Waals surface area contributed by atoms with Gasteiger partial charge in [-0.1, -0.05) is 11.2 Å². The third-order valence-electron chi connectivity index (χ3n) is 3.60. The average molecular weight is 287 g/mol. The molecule has 1 saturated carbocycles. The van der Waals surface area contributed by atoms with E-state index >= 15 is 0 Å². The molecule has 0 aromatic carbocycles. The summed E-state index contributed by atoms with van der Waals surface area (Å²) < 4.78 is 10.7. The van der Waals surface area contributed by atoms with E-state index in [2.05, 4.69) is 15.5 Å². The Bertz CT molecular complexity index is 563. The summed E-state index contributed by atoms with van der Waals surface area (Å²) in [6.45, 7) is 0. The van der Waals surface area contributed by atoms with Gasteiger partial charge < -0.3 is 14.6 Å². The molecule has 0 bridgehead atoms. The minimum absolute atomic E-state index is 0.159. The zero-order valence-corrected chi connectivity index (χ0v) is 11.6. The van der Waals surface area contributed by atoms with E-state index in [4.69, 9.17) is 9.26 Å². The Kier molecular flexibility index (Phi) is 4.14. The first kappa shape index (κ1) is 13.6. The van der Waals surface area contributed by atoms with Crippen LogP contribution in [-0.2, 0) is 0 Å². The van der Waals surface area contributed by atoms with E-state index in [1.54, 1.807) is 12.3 Å². The number of carbonyl (C=O) groups is 1. The molecule has 2 heterocycles. The molecule has 0 aliphatic heterocycles. The van der Waals surface area contributed by atoms with Gasteiger partial charge in [0.15, 0.2) is 0 Å². The van der Waals surface area contributed by atoms with Crippen molar-refractivity contribution in [3.05, 3.63) is 42.4 Å². The quantitative estimate of drug-likeness (QED) is 0.932. The number of aromatic nitrogens is 2. The van der Waals surface area contributed by atoms with Crippen molar-refractivity contribution < 1.29 is 14.1 Å². The molecule has 0 atom stereocenters. The first-order valence-corrected chi connectivity index (χ1v) is 7.10. The van der Waals surface area contributed by atoms with Crippen molar-refractivity contribution in [2.24, 2.45) is 0 Å². The summed E-state index contributed by atoms with van der Waals surface area (Å²) in [4.78, 5) is 16.0. The number of pyridine rings is 1. The van der Waals surface area contributed by atoms with Gasteiger partial charge in [-0.3, -0.25) is 4.79 Å². The molecule has 6 nitrogen and oxygen atoms in total. The molecule has 1 aliphatic carbocycles. The van der Waals surface area contributed by atoms with Crippen molar-refractivity contribution >= 4 is 5.91 Å². The maximum absolute atomic E-state index is 11.9. The lowest BCUT2D eigenvalue weighted by Gasteiger charge is -2.28. The van der Waals surface area contributed by atoms with Gasteiger partial charge in [0.2, 0.25) is 11.6 Å². The van der Waals surface area contributed by atoms with Crippen LogP contribution in [0.5, 0.6) is 5.88 Å². The van der Waals surface area contributed by atoms with E-state index in [1.165, 1.54) is 6.20 Å². The lowest BCUT2D eigenvalue weighted by Crippen LogP contribution is -2.39. The minimum atomic E-state index is -0.207. The molecule has 0 spiro atoms. The number of hydrogen-bond donors (Lipinski definition) is 1. The standard InChI is InChI=1S/C15H17N3O3/c19-15(13-8-10-17-21-13)18-11-4-6-12(7-5-11)20-14-3-1-2-9-16-14/h1-3,8-12H,4-7H2,(H,18,19). The van der Waals surface area contributed by atoms with E-state index in [-0.39, 0.29) is 23.8 Å². The number of ether oxygens (including phenoxy) is 1. The Morgan fingerprint density at radius 1 is 1.19 bits per heavy atom. The second-order valence-electron chi connectivity index (χ2n) is 5.11. The lowest BCUT2D eigenvalue weighted by molar-refractivity contribution is 0.0855. The fourth-order valence-electron chi connectivity index (χ4n) is 2.50. The molecule has 21 heavy (non-hydrogen) atoms. The highest BCUT2D eigenvalue weighted by Crippen LogP contribution is 2.23. The van der Waals surface area contributed by atoms with Crippen LogP contribution in [-0.4, -0.2) is 28.2 Å². The third-order valence-corrected chi connectivity index (χ3v) is 3.60. The molecule has 1 aliphatic rings. The third kappa shape index (κ3) is 3.59. The molecular formula is C15H17N3O3. The van der Waals surface area contributed by atoms with Crippen molar-refractivity contribution in [2.75, 3.05) is 0 Å². The molecule has 1 amide bonds. The second-order valence-corrected chi connectivity index (χ2v) is 5.11. The van der Waals surface area contributed by atoms with Crippen LogP contribution in [0.2, 0.25) is 0 Å². The molecule has 0 saturated heterocycles. The molecule has 2 aromatic rings. The van der Waals surface area contributed by atoms with Crippen molar-refractivity contribution in [1.29, 1.82) is 0 Å². The summed E-state index contributed by atoms with van der Waals surface area (Å²) in [5, 5.41) is 6.49. The Morgan fingerprint density at radius 3 is 2.71 bits per heavy atom. The van der Waals surface area contributed by atoms with Gasteiger partial charge in [0.1, 0.15) is 6.10 Å². The van der Waals surface area contributed by atoms with Gasteiger partial charge in [-0.05, 0) is 31.7 Å². The minimum Gasteiger partial charge on any atom is -0.474 e. The van der Waals surface area contributed by atoms with Crippen molar-refractivity contribution in [3.63, 3.8) is 0 Å². The summed E-state index contributed by atoms with van der Waals surface area (Å²) in [5.74, 6) is 0.704. The Labute approximate surface area is 122 Å². The highest BCUT2D eigenvalue weighted by atomic mass is 16.5. The smallest absolute Gasteiger partial charge is 0.290 e. The highest BCUT2D eigenvalue weighted by molar-refractivity contribution is 5.91. The number of amides is 1. The van der Waals surface area contributed by atoms with Gasteiger partial charge in [-0.25, -0.2) is 4.98 Å². The maximum atomic E-state index is 11.9. The van der Waals surface area contributed by atoms with Crippen LogP contribution in [0.4, 0.5) is 0 Å².